The second-order valence-corrected chi connectivity index (χ2v) is 12.6. The second kappa shape index (κ2) is 13.1. The van der Waals surface area contributed by atoms with Crippen molar-refractivity contribution in [2.45, 2.75) is 71.3 Å². The number of pyridine rings is 3. The molecule has 6 aromatic heterocycles. The molecule has 0 bridgehead atoms. The number of hydrogen-bond acceptors (Lipinski definition) is 7. The highest BCUT2D eigenvalue weighted by atomic mass is 15.2. The summed E-state index contributed by atoms with van der Waals surface area (Å²) < 4.78 is 3.90. The molecule has 7 rings (SSSR count). The smallest absolute Gasteiger partial charge is 0.222 e. The van der Waals surface area contributed by atoms with E-state index in [0.717, 1.165) is 45.3 Å². The molecule has 0 spiro atoms. The minimum atomic E-state index is 0.344. The van der Waals surface area contributed by atoms with E-state index in [1.54, 1.807) is 0 Å². The molecule has 0 amide bonds. The molecule has 1 aliphatic carbocycles. The molecule has 0 aromatic carbocycles. The Bertz CT molecular complexity index is 1880. The monoisotopic (exact) mass is 601 g/mol. The average Bonchev–Trinajstić information content (AvgIpc) is 3.79. The first-order chi connectivity index (χ1) is 21.8. The summed E-state index contributed by atoms with van der Waals surface area (Å²) in [5.41, 5.74) is 8.97. The van der Waals surface area contributed by atoms with Crippen LogP contribution < -0.4 is 10.2 Å². The number of rotatable bonds is 7. The molecule has 1 aliphatic rings. The van der Waals surface area contributed by atoms with Crippen LogP contribution in [0.15, 0.2) is 79.5 Å². The van der Waals surface area contributed by atoms with E-state index in [-0.39, 0.29) is 0 Å². The maximum Gasteiger partial charge on any atom is 0.222 e. The van der Waals surface area contributed by atoms with Crippen LogP contribution in [-0.4, -0.2) is 54.3 Å². The summed E-state index contributed by atoms with van der Waals surface area (Å²) in [5, 5.41) is 12.9. The molecule has 6 aromatic rings. The molecular formula is C36H43N9. The lowest BCUT2D eigenvalue weighted by molar-refractivity contribution is 0.744. The van der Waals surface area contributed by atoms with Crippen LogP contribution in [-0.2, 0) is 0 Å². The lowest BCUT2D eigenvalue weighted by Crippen LogP contribution is -2.16. The fraction of sp³-hybridized carbons (Fsp3) is 0.361. The third-order valence-electron chi connectivity index (χ3n) is 8.35. The van der Waals surface area contributed by atoms with Gasteiger partial charge in [-0.15, -0.1) is 0 Å². The van der Waals surface area contributed by atoms with Crippen molar-refractivity contribution in [2.24, 2.45) is 0 Å². The van der Waals surface area contributed by atoms with E-state index in [1.165, 1.54) is 36.8 Å². The lowest BCUT2D eigenvalue weighted by atomic mass is 9.99. The van der Waals surface area contributed by atoms with Crippen LogP contribution in [0.1, 0.15) is 76.6 Å². The van der Waals surface area contributed by atoms with Gasteiger partial charge in [0.25, 0.3) is 0 Å². The van der Waals surface area contributed by atoms with E-state index < -0.39 is 0 Å². The molecule has 9 nitrogen and oxygen atoms in total. The SMILES string of the molecule is CC(C)c1nn2ccccc2c1-c1ccnc(N(C)C)c1.CC(C)c1nn2ccccc2c1-c1cnc(NC2CCCC2)nc1. The Hall–Kier alpha value is -4.79. The summed E-state index contributed by atoms with van der Waals surface area (Å²) in [6.45, 7) is 8.70. The number of hydrogen-bond donors (Lipinski definition) is 1. The van der Waals surface area contributed by atoms with E-state index in [2.05, 4.69) is 78.3 Å². The van der Waals surface area contributed by atoms with Crippen molar-refractivity contribution in [3.05, 3.63) is 90.9 Å². The number of nitrogens with one attached hydrogen (secondary N) is 1. The summed E-state index contributed by atoms with van der Waals surface area (Å²) in [6, 6.07) is 17.0. The Labute approximate surface area is 265 Å². The summed E-state index contributed by atoms with van der Waals surface area (Å²) in [7, 11) is 4.01. The van der Waals surface area contributed by atoms with Crippen molar-refractivity contribution in [3.8, 4) is 22.3 Å². The van der Waals surface area contributed by atoms with Gasteiger partial charge in [0, 0.05) is 67.8 Å². The highest BCUT2D eigenvalue weighted by Gasteiger charge is 2.20. The fourth-order valence-electron chi connectivity index (χ4n) is 6.04. The predicted octanol–water partition coefficient (Wildman–Crippen LogP) is 7.85. The maximum atomic E-state index is 4.75. The molecular weight excluding hydrogens is 558 g/mol. The normalized spacial score (nSPS) is 13.5. The minimum absolute atomic E-state index is 0.344. The Morgan fingerprint density at radius 3 is 1.82 bits per heavy atom. The van der Waals surface area contributed by atoms with Crippen LogP contribution in [0, 0.1) is 0 Å². The van der Waals surface area contributed by atoms with Crippen molar-refractivity contribution in [1.82, 2.24) is 34.2 Å². The highest BCUT2D eigenvalue weighted by Crippen LogP contribution is 2.34. The average molecular weight is 602 g/mol. The molecule has 0 radical (unpaired) electrons. The zero-order chi connectivity index (χ0) is 31.5. The Morgan fingerprint density at radius 2 is 1.29 bits per heavy atom. The summed E-state index contributed by atoms with van der Waals surface area (Å²) in [6.07, 6.45) is 14.7. The molecule has 1 saturated carbocycles. The van der Waals surface area contributed by atoms with Crippen LogP contribution >= 0.6 is 0 Å². The van der Waals surface area contributed by atoms with Crippen molar-refractivity contribution in [3.63, 3.8) is 0 Å². The third kappa shape index (κ3) is 6.38. The third-order valence-corrected chi connectivity index (χ3v) is 8.35. The van der Waals surface area contributed by atoms with Gasteiger partial charge in [0.15, 0.2) is 0 Å². The van der Waals surface area contributed by atoms with Gasteiger partial charge < -0.3 is 10.2 Å². The molecule has 0 unspecified atom stereocenters. The van der Waals surface area contributed by atoms with E-state index in [4.69, 9.17) is 10.2 Å². The van der Waals surface area contributed by atoms with Gasteiger partial charge in [-0.1, -0.05) is 52.7 Å². The molecule has 6 heterocycles. The fourth-order valence-corrected chi connectivity index (χ4v) is 6.04. The van der Waals surface area contributed by atoms with E-state index in [9.17, 15) is 0 Å². The van der Waals surface area contributed by atoms with Gasteiger partial charge >= 0.3 is 0 Å². The zero-order valence-corrected chi connectivity index (χ0v) is 27.1. The quantitative estimate of drug-likeness (QED) is 0.199. The summed E-state index contributed by atoms with van der Waals surface area (Å²) in [5.74, 6) is 2.40. The van der Waals surface area contributed by atoms with Crippen LogP contribution in [0.3, 0.4) is 0 Å². The highest BCUT2D eigenvalue weighted by molar-refractivity contribution is 5.84. The Balaban J connectivity index is 0.000000160. The minimum Gasteiger partial charge on any atom is -0.363 e. The van der Waals surface area contributed by atoms with Crippen LogP contribution in [0.4, 0.5) is 11.8 Å². The van der Waals surface area contributed by atoms with Crippen molar-refractivity contribution in [1.29, 1.82) is 0 Å². The molecule has 1 N–H and O–H groups in total. The zero-order valence-electron chi connectivity index (χ0n) is 27.1. The number of fused-ring (bicyclic) bond motifs is 2. The van der Waals surface area contributed by atoms with E-state index >= 15 is 0 Å². The number of aromatic nitrogens is 7. The lowest BCUT2D eigenvalue weighted by Gasteiger charge is -2.13. The van der Waals surface area contributed by atoms with Crippen molar-refractivity contribution < 1.29 is 0 Å². The first-order valence-electron chi connectivity index (χ1n) is 16.0. The van der Waals surface area contributed by atoms with E-state index in [0.29, 0.717) is 17.9 Å². The van der Waals surface area contributed by atoms with Gasteiger partial charge in [0.1, 0.15) is 5.82 Å². The summed E-state index contributed by atoms with van der Waals surface area (Å²) >= 11 is 0. The molecule has 232 valence electrons. The molecule has 0 atom stereocenters. The van der Waals surface area contributed by atoms with Crippen LogP contribution in [0.5, 0.6) is 0 Å². The molecule has 0 aliphatic heterocycles. The standard InChI is InChI=1S/C19H23N5.C17H20N4/c1-13(2)18-17(16-9-5-6-10-24(16)23-18)14-11-20-19(21-12-14)22-15-7-3-4-8-15;1-12(2)17-16(14-7-5-6-10-21(14)19-17)13-8-9-18-15(11-13)20(3)4/h5-6,9-13,15H,3-4,7-8H2,1-2H3,(H,20,21,22);5-12H,1-4H3. The first kappa shape index (κ1) is 30.2. The van der Waals surface area contributed by atoms with Gasteiger partial charge in [0.2, 0.25) is 5.95 Å². The van der Waals surface area contributed by atoms with Gasteiger partial charge in [-0.25, -0.2) is 24.0 Å². The Morgan fingerprint density at radius 1 is 0.733 bits per heavy atom. The predicted molar refractivity (Wildman–Crippen MR) is 183 cm³/mol. The van der Waals surface area contributed by atoms with Gasteiger partial charge in [-0.05, 0) is 66.6 Å². The molecule has 9 heteroatoms. The van der Waals surface area contributed by atoms with E-state index in [1.807, 2.05) is 77.2 Å². The molecule has 45 heavy (non-hydrogen) atoms. The molecule has 0 saturated heterocycles. The van der Waals surface area contributed by atoms with Crippen LogP contribution in [0.25, 0.3) is 33.3 Å². The largest absolute Gasteiger partial charge is 0.363 e. The van der Waals surface area contributed by atoms with Crippen molar-refractivity contribution in [2.75, 3.05) is 24.3 Å². The van der Waals surface area contributed by atoms with Gasteiger partial charge in [-0.3, -0.25) is 0 Å². The number of nitrogens with zero attached hydrogens (tertiary/aromatic N) is 8. The second-order valence-electron chi connectivity index (χ2n) is 12.6. The van der Waals surface area contributed by atoms with Crippen molar-refractivity contribution >= 4 is 22.8 Å². The van der Waals surface area contributed by atoms with Crippen LogP contribution in [0.2, 0.25) is 0 Å². The number of anilines is 2. The van der Waals surface area contributed by atoms with Gasteiger partial charge in [0.05, 0.1) is 22.4 Å². The first-order valence-corrected chi connectivity index (χ1v) is 16.0. The Kier molecular flexibility index (Phi) is 8.78. The topological polar surface area (TPSA) is 88.5 Å². The maximum absolute atomic E-state index is 4.75. The summed E-state index contributed by atoms with van der Waals surface area (Å²) in [4.78, 5) is 15.5. The van der Waals surface area contributed by atoms with Gasteiger partial charge in [-0.2, -0.15) is 10.2 Å². The molecule has 1 fully saturated rings.